The standard InChI is InChI=1S/C22H30N2O4.H2/c1-16(13-14-17(2)27-7)24(6)20(25)19(15-18-11-9-8-10-12-18)23-21(26)28-22(3,4)5;/h8-14,19H,1-2,15H2,3-7H3,(H,23,26);1H/b14-13-;/t19-;/m1./s1. The van der Waals surface area contributed by atoms with Crippen LogP contribution < -0.4 is 5.32 Å². The topological polar surface area (TPSA) is 67.9 Å². The molecule has 0 aliphatic rings. The Morgan fingerprint density at radius 3 is 2.36 bits per heavy atom. The van der Waals surface area contributed by atoms with Crippen LogP contribution >= 0.6 is 0 Å². The lowest BCUT2D eigenvalue weighted by Gasteiger charge is -2.27. The van der Waals surface area contributed by atoms with Gasteiger partial charge in [0.25, 0.3) is 0 Å². The summed E-state index contributed by atoms with van der Waals surface area (Å²) >= 11 is 0. The van der Waals surface area contributed by atoms with Crippen LogP contribution in [0.3, 0.4) is 0 Å². The molecule has 0 radical (unpaired) electrons. The first-order valence-electron chi connectivity index (χ1n) is 8.94. The van der Waals surface area contributed by atoms with Crippen molar-refractivity contribution in [1.29, 1.82) is 0 Å². The first kappa shape index (κ1) is 23.0. The fourth-order valence-corrected chi connectivity index (χ4v) is 2.24. The molecule has 1 rings (SSSR count). The summed E-state index contributed by atoms with van der Waals surface area (Å²) in [6.07, 6.45) is 2.91. The number of benzene rings is 1. The Balaban J connectivity index is 0.00000784. The molecule has 0 unspecified atom stereocenters. The molecule has 0 heterocycles. The molecule has 0 aromatic heterocycles. The van der Waals surface area contributed by atoms with Gasteiger partial charge in [0.2, 0.25) is 5.91 Å². The molecule has 0 fully saturated rings. The summed E-state index contributed by atoms with van der Waals surface area (Å²) in [7, 11) is 3.10. The molecule has 1 aromatic rings. The van der Waals surface area contributed by atoms with E-state index in [4.69, 9.17) is 9.47 Å². The number of allylic oxidation sites excluding steroid dienone is 2. The van der Waals surface area contributed by atoms with Crippen molar-refractivity contribution in [3.05, 3.63) is 72.7 Å². The molecule has 154 valence electrons. The summed E-state index contributed by atoms with van der Waals surface area (Å²) in [5, 5.41) is 2.67. The van der Waals surface area contributed by atoms with Gasteiger partial charge in [-0.15, -0.1) is 0 Å². The van der Waals surface area contributed by atoms with Crippen molar-refractivity contribution in [2.75, 3.05) is 14.2 Å². The van der Waals surface area contributed by atoms with Crippen molar-refractivity contribution in [1.82, 2.24) is 10.2 Å². The number of amides is 2. The highest BCUT2D eigenvalue weighted by Gasteiger charge is 2.27. The molecule has 1 N–H and O–H groups in total. The molecule has 0 aliphatic carbocycles. The van der Waals surface area contributed by atoms with E-state index in [1.165, 1.54) is 12.0 Å². The summed E-state index contributed by atoms with van der Waals surface area (Å²) in [6, 6.07) is 8.64. The van der Waals surface area contributed by atoms with Crippen molar-refractivity contribution in [3.8, 4) is 0 Å². The normalized spacial score (nSPS) is 12.2. The number of carbonyl (C=O) groups is 2. The average molecular weight is 389 g/mol. The number of likely N-dealkylation sites (N-methyl/N-ethyl adjacent to an activating group) is 1. The maximum atomic E-state index is 13.0. The van der Waals surface area contributed by atoms with Crippen molar-refractivity contribution in [2.24, 2.45) is 0 Å². The molecule has 0 bridgehead atoms. The molecule has 0 spiro atoms. The van der Waals surface area contributed by atoms with Gasteiger partial charge in [-0.3, -0.25) is 4.79 Å². The maximum Gasteiger partial charge on any atom is 0.408 e. The van der Waals surface area contributed by atoms with Crippen LogP contribution in [0.1, 0.15) is 27.8 Å². The van der Waals surface area contributed by atoms with Gasteiger partial charge in [0.05, 0.1) is 7.11 Å². The fraction of sp³-hybridized carbons (Fsp3) is 0.364. The summed E-state index contributed by atoms with van der Waals surface area (Å²) in [4.78, 5) is 26.6. The van der Waals surface area contributed by atoms with E-state index in [1.54, 1.807) is 40.0 Å². The van der Waals surface area contributed by atoms with E-state index in [-0.39, 0.29) is 7.33 Å². The zero-order valence-electron chi connectivity index (χ0n) is 17.3. The molecule has 1 aromatic carbocycles. The summed E-state index contributed by atoms with van der Waals surface area (Å²) < 4.78 is 10.3. The van der Waals surface area contributed by atoms with E-state index < -0.39 is 17.7 Å². The highest BCUT2D eigenvalue weighted by atomic mass is 16.6. The Bertz CT molecular complexity index is 739. The molecule has 6 heteroatoms. The summed E-state index contributed by atoms with van der Waals surface area (Å²) in [5.41, 5.74) is 0.690. The highest BCUT2D eigenvalue weighted by molar-refractivity contribution is 5.87. The number of nitrogens with zero attached hydrogens (tertiary/aromatic N) is 1. The predicted molar refractivity (Wildman–Crippen MR) is 113 cm³/mol. The third-order valence-electron chi connectivity index (χ3n) is 3.76. The molecular weight excluding hydrogens is 356 g/mol. The Morgan fingerprint density at radius 1 is 1.21 bits per heavy atom. The lowest BCUT2D eigenvalue weighted by atomic mass is 10.0. The maximum absolute atomic E-state index is 13.0. The Kier molecular flexibility index (Phi) is 8.51. The van der Waals surface area contributed by atoms with E-state index in [2.05, 4.69) is 18.5 Å². The molecule has 6 nitrogen and oxygen atoms in total. The van der Waals surface area contributed by atoms with Crippen molar-refractivity contribution in [2.45, 2.75) is 38.8 Å². The zero-order chi connectivity index (χ0) is 21.3. The Hall–Kier alpha value is -3.02. The zero-order valence-corrected chi connectivity index (χ0v) is 17.3. The van der Waals surface area contributed by atoms with Gasteiger partial charge in [0.15, 0.2) is 0 Å². The molecule has 0 aliphatic heterocycles. The third kappa shape index (κ3) is 8.12. The van der Waals surface area contributed by atoms with E-state index in [1.807, 2.05) is 30.3 Å². The number of nitrogens with one attached hydrogen (secondary N) is 1. The second-order valence-electron chi connectivity index (χ2n) is 7.28. The van der Waals surface area contributed by atoms with E-state index in [9.17, 15) is 9.59 Å². The van der Waals surface area contributed by atoms with Gasteiger partial charge in [-0.1, -0.05) is 43.5 Å². The van der Waals surface area contributed by atoms with Gasteiger partial charge < -0.3 is 19.7 Å². The lowest BCUT2D eigenvalue weighted by Crippen LogP contribution is -2.49. The molecule has 2 amide bonds. The molecule has 0 saturated carbocycles. The van der Waals surface area contributed by atoms with Crippen LogP contribution in [0.15, 0.2) is 67.1 Å². The summed E-state index contributed by atoms with van der Waals surface area (Å²) in [6.45, 7) is 12.9. The van der Waals surface area contributed by atoms with Gasteiger partial charge in [-0.2, -0.15) is 0 Å². The SMILES string of the molecule is C=C(/C=C\C(=C)N(C)C(=O)[C@@H](Cc1ccccc1)NC(=O)OC(C)(C)C)OC.[HH]. The summed E-state index contributed by atoms with van der Waals surface area (Å²) in [5.74, 6) is 0.127. The van der Waals surface area contributed by atoms with Gasteiger partial charge in [0.1, 0.15) is 17.4 Å². The Labute approximate surface area is 169 Å². The Morgan fingerprint density at radius 2 is 1.82 bits per heavy atom. The number of hydrogen-bond acceptors (Lipinski definition) is 4. The largest absolute Gasteiger partial charge is 0.497 e. The predicted octanol–water partition coefficient (Wildman–Crippen LogP) is 4.06. The molecular formula is C22H32N2O4. The van der Waals surface area contributed by atoms with E-state index >= 15 is 0 Å². The lowest BCUT2D eigenvalue weighted by molar-refractivity contribution is -0.130. The van der Waals surface area contributed by atoms with Crippen LogP contribution in [-0.4, -0.2) is 42.7 Å². The second-order valence-corrected chi connectivity index (χ2v) is 7.28. The first-order valence-corrected chi connectivity index (χ1v) is 8.94. The molecule has 0 saturated heterocycles. The monoisotopic (exact) mass is 388 g/mol. The number of alkyl carbamates (subject to hydrolysis) is 1. The van der Waals surface area contributed by atoms with E-state index in [0.29, 0.717) is 17.9 Å². The molecule has 1 atom stereocenters. The number of ether oxygens (including phenoxy) is 2. The van der Waals surface area contributed by atoms with E-state index in [0.717, 1.165) is 5.56 Å². The van der Waals surface area contributed by atoms with Crippen molar-refractivity contribution in [3.63, 3.8) is 0 Å². The fourth-order valence-electron chi connectivity index (χ4n) is 2.24. The third-order valence-corrected chi connectivity index (χ3v) is 3.76. The minimum atomic E-state index is -0.807. The first-order chi connectivity index (χ1) is 13.0. The van der Waals surface area contributed by atoms with Crippen LogP contribution in [0.2, 0.25) is 0 Å². The van der Waals surface area contributed by atoms with Gasteiger partial charge in [0, 0.05) is 20.6 Å². The van der Waals surface area contributed by atoms with Gasteiger partial charge >= 0.3 is 6.09 Å². The van der Waals surface area contributed by atoms with Gasteiger partial charge in [-0.25, -0.2) is 4.79 Å². The number of rotatable bonds is 8. The smallest absolute Gasteiger partial charge is 0.408 e. The number of carbonyl (C=O) groups excluding carboxylic acids is 2. The second kappa shape index (κ2) is 10.3. The van der Waals surface area contributed by atoms with Crippen LogP contribution in [0.4, 0.5) is 4.79 Å². The van der Waals surface area contributed by atoms with Crippen LogP contribution in [0, 0.1) is 0 Å². The van der Waals surface area contributed by atoms with Crippen molar-refractivity contribution >= 4 is 12.0 Å². The van der Waals surface area contributed by atoms with Crippen molar-refractivity contribution < 1.29 is 20.5 Å². The molecule has 28 heavy (non-hydrogen) atoms. The van der Waals surface area contributed by atoms with Gasteiger partial charge in [-0.05, 0) is 38.5 Å². The highest BCUT2D eigenvalue weighted by Crippen LogP contribution is 2.12. The number of hydrogen-bond donors (Lipinski definition) is 1. The minimum absolute atomic E-state index is 0. The van der Waals surface area contributed by atoms with Crippen LogP contribution in [0.25, 0.3) is 0 Å². The minimum Gasteiger partial charge on any atom is -0.497 e. The van der Waals surface area contributed by atoms with Crippen LogP contribution in [-0.2, 0) is 20.7 Å². The average Bonchev–Trinajstić information content (AvgIpc) is 2.63. The van der Waals surface area contributed by atoms with Crippen LogP contribution in [0.5, 0.6) is 0 Å². The quantitative estimate of drug-likeness (QED) is 0.539. The number of methoxy groups -OCH3 is 1.